The first-order valence-corrected chi connectivity index (χ1v) is 9.23. The number of rotatable bonds is 2. The fourth-order valence-corrected chi connectivity index (χ4v) is 4.29. The van der Waals surface area contributed by atoms with Crippen molar-refractivity contribution in [3.63, 3.8) is 0 Å². The molecule has 22 heavy (non-hydrogen) atoms. The van der Waals surface area contributed by atoms with Crippen LogP contribution in [0, 0.1) is 6.92 Å². The molecule has 2 heteroatoms. The summed E-state index contributed by atoms with van der Waals surface area (Å²) in [5.74, 6) is 0. The number of aryl methyl sites for hydroxylation is 2. The molecule has 0 atom stereocenters. The van der Waals surface area contributed by atoms with Crippen LogP contribution in [0.2, 0.25) is 0 Å². The van der Waals surface area contributed by atoms with Gasteiger partial charge in [-0.3, -0.25) is 0 Å². The van der Waals surface area contributed by atoms with E-state index in [4.69, 9.17) is 4.98 Å². The molecule has 1 heterocycles. The first kappa shape index (κ1) is 15.7. The zero-order valence-electron chi connectivity index (χ0n) is 14.7. The van der Waals surface area contributed by atoms with Gasteiger partial charge in [-0.05, 0) is 59.8 Å². The second kappa shape index (κ2) is 5.19. The summed E-state index contributed by atoms with van der Waals surface area (Å²) in [6.07, 6.45) is 3.59. The van der Waals surface area contributed by atoms with Crippen LogP contribution in [0.25, 0.3) is 11.3 Å². The highest BCUT2D eigenvalue weighted by molar-refractivity contribution is 7.09. The largest absolute Gasteiger partial charge is 0.242 e. The summed E-state index contributed by atoms with van der Waals surface area (Å²) in [7, 11) is 0. The number of hydrogen-bond donors (Lipinski definition) is 0. The summed E-state index contributed by atoms with van der Waals surface area (Å²) in [5, 5.41) is 3.35. The Labute approximate surface area is 138 Å². The van der Waals surface area contributed by atoms with E-state index in [2.05, 4.69) is 59.1 Å². The molecule has 3 rings (SSSR count). The van der Waals surface area contributed by atoms with Crippen molar-refractivity contribution in [3.8, 4) is 11.3 Å². The van der Waals surface area contributed by atoms with E-state index in [1.807, 2.05) is 0 Å². The van der Waals surface area contributed by atoms with Crippen LogP contribution in [-0.2, 0) is 17.3 Å². The van der Waals surface area contributed by atoms with Gasteiger partial charge in [0, 0.05) is 10.9 Å². The summed E-state index contributed by atoms with van der Waals surface area (Å²) >= 11 is 1.74. The fraction of sp³-hybridized carbons (Fsp3) is 0.550. The number of thiazole rings is 1. The predicted molar refractivity (Wildman–Crippen MR) is 97.0 cm³/mol. The highest BCUT2D eigenvalue weighted by Crippen LogP contribution is 2.47. The quantitative estimate of drug-likeness (QED) is 0.659. The molecule has 0 N–H and O–H groups in total. The maximum absolute atomic E-state index is 4.74. The standard InChI is InChI=1S/C20H27NS/c1-7-14-10-16-17(20(5,6)9-8-19(16,3)4)11-15(14)18-12-22-13(2)21-18/h10-12H,7-9H2,1-6H3. The monoisotopic (exact) mass is 313 g/mol. The van der Waals surface area contributed by atoms with Gasteiger partial charge in [-0.2, -0.15) is 0 Å². The Bertz CT molecular complexity index is 706. The van der Waals surface area contributed by atoms with E-state index >= 15 is 0 Å². The minimum Gasteiger partial charge on any atom is -0.242 e. The summed E-state index contributed by atoms with van der Waals surface area (Å²) in [4.78, 5) is 4.74. The molecule has 1 aromatic heterocycles. The Hall–Kier alpha value is -1.15. The smallest absolute Gasteiger partial charge is 0.0901 e. The molecule has 0 bridgehead atoms. The van der Waals surface area contributed by atoms with E-state index in [9.17, 15) is 0 Å². The van der Waals surface area contributed by atoms with Gasteiger partial charge in [0.1, 0.15) is 0 Å². The van der Waals surface area contributed by atoms with Crippen molar-refractivity contribution < 1.29 is 0 Å². The molecule has 2 aromatic rings. The van der Waals surface area contributed by atoms with Crippen molar-refractivity contribution in [2.45, 2.75) is 71.6 Å². The number of fused-ring (bicyclic) bond motifs is 1. The van der Waals surface area contributed by atoms with E-state index in [1.165, 1.54) is 29.5 Å². The molecule has 118 valence electrons. The van der Waals surface area contributed by atoms with Crippen LogP contribution in [0.1, 0.15) is 69.2 Å². The first-order chi connectivity index (χ1) is 10.2. The van der Waals surface area contributed by atoms with Crippen LogP contribution in [0.4, 0.5) is 0 Å². The van der Waals surface area contributed by atoms with Crippen molar-refractivity contribution >= 4 is 11.3 Å². The summed E-state index contributed by atoms with van der Waals surface area (Å²) < 4.78 is 0. The molecule has 0 saturated heterocycles. The molecule has 1 aromatic carbocycles. The highest BCUT2D eigenvalue weighted by atomic mass is 32.1. The van der Waals surface area contributed by atoms with Crippen LogP contribution >= 0.6 is 11.3 Å². The van der Waals surface area contributed by atoms with Crippen molar-refractivity contribution in [1.82, 2.24) is 4.98 Å². The minimum atomic E-state index is 0.261. The molecular formula is C20H27NS. The third-order valence-corrected chi connectivity index (χ3v) is 6.13. The molecule has 0 saturated carbocycles. The molecule has 0 spiro atoms. The molecule has 0 unspecified atom stereocenters. The summed E-state index contributed by atoms with van der Waals surface area (Å²) in [6.45, 7) is 13.9. The van der Waals surface area contributed by atoms with E-state index in [0.717, 1.165) is 17.1 Å². The van der Waals surface area contributed by atoms with Gasteiger partial charge in [0.25, 0.3) is 0 Å². The average molecular weight is 314 g/mol. The molecule has 1 aliphatic carbocycles. The molecule has 0 fully saturated rings. The van der Waals surface area contributed by atoms with E-state index in [-0.39, 0.29) is 10.8 Å². The van der Waals surface area contributed by atoms with E-state index in [1.54, 1.807) is 16.9 Å². The zero-order valence-corrected chi connectivity index (χ0v) is 15.5. The van der Waals surface area contributed by atoms with Crippen LogP contribution in [0.5, 0.6) is 0 Å². The Morgan fingerprint density at radius 3 is 2.14 bits per heavy atom. The van der Waals surface area contributed by atoms with Gasteiger partial charge in [-0.15, -0.1) is 11.3 Å². The lowest BCUT2D eigenvalue weighted by Gasteiger charge is -2.42. The summed E-state index contributed by atoms with van der Waals surface area (Å²) in [6, 6.07) is 4.92. The number of hydrogen-bond acceptors (Lipinski definition) is 2. The Balaban J connectivity index is 2.26. The molecule has 0 radical (unpaired) electrons. The number of aromatic nitrogens is 1. The fourth-order valence-electron chi connectivity index (χ4n) is 3.68. The maximum atomic E-state index is 4.74. The van der Waals surface area contributed by atoms with Crippen molar-refractivity contribution in [3.05, 3.63) is 39.2 Å². The Morgan fingerprint density at radius 1 is 1.05 bits per heavy atom. The van der Waals surface area contributed by atoms with Gasteiger partial charge in [0.2, 0.25) is 0 Å². The lowest BCUT2D eigenvalue weighted by Crippen LogP contribution is -2.34. The maximum Gasteiger partial charge on any atom is 0.0901 e. The molecular weight excluding hydrogens is 286 g/mol. The second-order valence-electron chi connectivity index (χ2n) is 7.93. The van der Waals surface area contributed by atoms with Crippen LogP contribution in [-0.4, -0.2) is 4.98 Å². The van der Waals surface area contributed by atoms with Gasteiger partial charge in [0.15, 0.2) is 0 Å². The lowest BCUT2D eigenvalue weighted by molar-refractivity contribution is 0.331. The molecule has 1 aliphatic rings. The number of benzene rings is 1. The zero-order chi connectivity index (χ0) is 16.1. The van der Waals surface area contributed by atoms with Gasteiger partial charge in [-0.1, -0.05) is 40.7 Å². The topological polar surface area (TPSA) is 12.9 Å². The number of nitrogens with zero attached hydrogens (tertiary/aromatic N) is 1. The third-order valence-electron chi connectivity index (χ3n) is 5.35. The van der Waals surface area contributed by atoms with Gasteiger partial charge in [0.05, 0.1) is 10.7 Å². The summed E-state index contributed by atoms with van der Waals surface area (Å²) in [5.41, 5.74) is 7.56. The average Bonchev–Trinajstić information content (AvgIpc) is 2.89. The normalized spacial score (nSPS) is 19.0. The lowest BCUT2D eigenvalue weighted by atomic mass is 9.62. The second-order valence-corrected chi connectivity index (χ2v) is 8.99. The van der Waals surface area contributed by atoms with Gasteiger partial charge in [-0.25, -0.2) is 4.98 Å². The van der Waals surface area contributed by atoms with Gasteiger partial charge < -0.3 is 0 Å². The van der Waals surface area contributed by atoms with Crippen LogP contribution < -0.4 is 0 Å². The predicted octanol–water partition coefficient (Wildman–Crippen LogP) is 6.03. The molecule has 1 nitrogen and oxygen atoms in total. The Morgan fingerprint density at radius 2 is 1.64 bits per heavy atom. The van der Waals surface area contributed by atoms with Crippen LogP contribution in [0.15, 0.2) is 17.5 Å². The SMILES string of the molecule is CCc1cc2c(cc1-c1csc(C)n1)C(C)(C)CCC2(C)C. The highest BCUT2D eigenvalue weighted by Gasteiger charge is 2.37. The minimum absolute atomic E-state index is 0.261. The van der Waals surface area contributed by atoms with E-state index in [0.29, 0.717) is 0 Å². The van der Waals surface area contributed by atoms with Gasteiger partial charge >= 0.3 is 0 Å². The Kier molecular flexibility index (Phi) is 3.71. The first-order valence-electron chi connectivity index (χ1n) is 8.35. The molecule has 0 aliphatic heterocycles. The molecule has 0 amide bonds. The van der Waals surface area contributed by atoms with Crippen molar-refractivity contribution in [2.24, 2.45) is 0 Å². The third kappa shape index (κ3) is 2.52. The van der Waals surface area contributed by atoms with Crippen molar-refractivity contribution in [2.75, 3.05) is 0 Å². The van der Waals surface area contributed by atoms with Crippen LogP contribution in [0.3, 0.4) is 0 Å². The van der Waals surface area contributed by atoms with Crippen molar-refractivity contribution in [1.29, 1.82) is 0 Å². The van der Waals surface area contributed by atoms with E-state index < -0.39 is 0 Å².